The first kappa shape index (κ1) is 15.4. The zero-order chi connectivity index (χ0) is 14.3. The fourth-order valence-corrected chi connectivity index (χ4v) is 1.52. The van der Waals surface area contributed by atoms with E-state index < -0.39 is 30.4 Å². The first-order valence-corrected chi connectivity index (χ1v) is 5.89. The van der Waals surface area contributed by atoms with Crippen LogP contribution in [0.25, 0.3) is 0 Å². The molecule has 0 saturated heterocycles. The maximum atomic E-state index is 11.0. The lowest BCUT2D eigenvalue weighted by Gasteiger charge is -2.31. The summed E-state index contributed by atoms with van der Waals surface area (Å²) >= 11 is 0. The van der Waals surface area contributed by atoms with Crippen LogP contribution in [0.1, 0.15) is 13.8 Å². The molecule has 0 spiro atoms. The predicted molar refractivity (Wildman–Crippen MR) is 66.1 cm³/mol. The molecule has 1 aliphatic rings. The number of rotatable bonds is 6. The van der Waals surface area contributed by atoms with Gasteiger partial charge in [-0.05, 0) is 12.2 Å². The van der Waals surface area contributed by atoms with Crippen LogP contribution < -0.4 is 0 Å². The van der Waals surface area contributed by atoms with E-state index in [-0.39, 0.29) is 6.61 Å². The van der Waals surface area contributed by atoms with Crippen molar-refractivity contribution in [1.82, 2.24) is 0 Å². The molecule has 0 aromatic heterocycles. The summed E-state index contributed by atoms with van der Waals surface area (Å²) in [5, 5.41) is 0. The molecule has 1 aliphatic heterocycles. The van der Waals surface area contributed by atoms with Crippen molar-refractivity contribution in [3.63, 3.8) is 0 Å². The first-order valence-electron chi connectivity index (χ1n) is 5.89. The van der Waals surface area contributed by atoms with Gasteiger partial charge in [-0.25, -0.2) is 0 Å². The molecule has 0 radical (unpaired) electrons. The van der Waals surface area contributed by atoms with Crippen molar-refractivity contribution in [2.45, 2.75) is 32.3 Å². The molecule has 1 heterocycles. The van der Waals surface area contributed by atoms with Crippen molar-refractivity contribution in [3.8, 4) is 0 Å². The Kier molecular flexibility index (Phi) is 6.24. The second-order valence-electron chi connectivity index (χ2n) is 3.93. The predicted octanol–water partition coefficient (Wildman–Crippen LogP) is 0.965. The third-order valence-electron chi connectivity index (χ3n) is 2.26. The molecule has 0 aromatic carbocycles. The highest BCUT2D eigenvalue weighted by Crippen LogP contribution is 2.17. The molecule has 0 unspecified atom stereocenters. The van der Waals surface area contributed by atoms with Gasteiger partial charge in [-0.15, -0.1) is 6.58 Å². The van der Waals surface area contributed by atoms with Crippen LogP contribution in [0, 0.1) is 0 Å². The zero-order valence-corrected chi connectivity index (χ0v) is 11.0. The van der Waals surface area contributed by atoms with E-state index in [0.717, 1.165) is 0 Å². The molecule has 0 saturated carbocycles. The van der Waals surface area contributed by atoms with E-state index in [1.54, 1.807) is 18.2 Å². The minimum Gasteiger partial charge on any atom is -0.463 e. The lowest BCUT2D eigenvalue weighted by Crippen LogP contribution is -2.42. The number of ether oxygens (including phenoxy) is 4. The molecule has 6 nitrogen and oxygen atoms in total. The summed E-state index contributed by atoms with van der Waals surface area (Å²) in [6.45, 7) is 6.45. The standard InChI is InChI=1S/C13H18O6/c1-4-7-16-13-6-5-11(18-10(3)15)12(19-13)8-17-9(2)14/h4-6,11-13H,1,7-8H2,2-3H3/t11-,12+,13-/m0/s1. The highest BCUT2D eigenvalue weighted by Gasteiger charge is 2.30. The Balaban J connectivity index is 2.62. The van der Waals surface area contributed by atoms with Gasteiger partial charge >= 0.3 is 11.9 Å². The van der Waals surface area contributed by atoms with Crippen molar-refractivity contribution < 1.29 is 28.5 Å². The van der Waals surface area contributed by atoms with Crippen LogP contribution in [0.3, 0.4) is 0 Å². The Morgan fingerprint density at radius 2 is 2.05 bits per heavy atom. The third kappa shape index (κ3) is 5.67. The minimum absolute atomic E-state index is 0.00836. The van der Waals surface area contributed by atoms with Gasteiger partial charge in [-0.3, -0.25) is 9.59 Å². The molecule has 0 fully saturated rings. The van der Waals surface area contributed by atoms with Crippen LogP contribution in [0.4, 0.5) is 0 Å². The van der Waals surface area contributed by atoms with Crippen LogP contribution in [-0.2, 0) is 28.5 Å². The van der Waals surface area contributed by atoms with Gasteiger partial charge in [-0.1, -0.05) is 6.08 Å². The summed E-state index contributed by atoms with van der Waals surface area (Å²) in [7, 11) is 0. The summed E-state index contributed by atoms with van der Waals surface area (Å²) in [4.78, 5) is 21.8. The molecule has 0 bridgehead atoms. The van der Waals surface area contributed by atoms with Gasteiger partial charge in [-0.2, -0.15) is 0 Å². The Morgan fingerprint density at radius 1 is 1.32 bits per heavy atom. The molecule has 0 aliphatic carbocycles. The van der Waals surface area contributed by atoms with Gasteiger partial charge < -0.3 is 18.9 Å². The third-order valence-corrected chi connectivity index (χ3v) is 2.26. The van der Waals surface area contributed by atoms with Crippen LogP contribution >= 0.6 is 0 Å². The van der Waals surface area contributed by atoms with Crippen LogP contribution in [-0.4, -0.2) is 43.7 Å². The van der Waals surface area contributed by atoms with Crippen LogP contribution in [0.15, 0.2) is 24.8 Å². The molecule has 0 aromatic rings. The van der Waals surface area contributed by atoms with Crippen LogP contribution in [0.5, 0.6) is 0 Å². The Bertz CT molecular complexity index is 362. The lowest BCUT2D eigenvalue weighted by atomic mass is 10.1. The van der Waals surface area contributed by atoms with E-state index in [1.165, 1.54) is 13.8 Å². The summed E-state index contributed by atoms with van der Waals surface area (Å²) < 4.78 is 20.8. The normalized spacial score (nSPS) is 25.7. The summed E-state index contributed by atoms with van der Waals surface area (Å²) in [5.74, 6) is -0.861. The summed E-state index contributed by atoms with van der Waals surface area (Å²) in [5.41, 5.74) is 0. The van der Waals surface area contributed by atoms with Gasteiger partial charge in [0.05, 0.1) is 6.61 Å². The largest absolute Gasteiger partial charge is 0.463 e. The van der Waals surface area contributed by atoms with E-state index in [0.29, 0.717) is 6.61 Å². The smallest absolute Gasteiger partial charge is 0.303 e. The van der Waals surface area contributed by atoms with E-state index in [9.17, 15) is 9.59 Å². The van der Waals surface area contributed by atoms with Crippen molar-refractivity contribution >= 4 is 11.9 Å². The van der Waals surface area contributed by atoms with E-state index >= 15 is 0 Å². The molecular weight excluding hydrogens is 252 g/mol. The van der Waals surface area contributed by atoms with E-state index in [1.807, 2.05) is 0 Å². The Labute approximate surface area is 112 Å². The van der Waals surface area contributed by atoms with Crippen molar-refractivity contribution in [2.24, 2.45) is 0 Å². The van der Waals surface area contributed by atoms with E-state index in [4.69, 9.17) is 18.9 Å². The van der Waals surface area contributed by atoms with Gasteiger partial charge in [0.1, 0.15) is 18.8 Å². The van der Waals surface area contributed by atoms with Crippen molar-refractivity contribution in [2.75, 3.05) is 13.2 Å². The molecule has 6 heteroatoms. The number of hydrogen-bond acceptors (Lipinski definition) is 6. The Morgan fingerprint density at radius 3 is 2.63 bits per heavy atom. The first-order chi connectivity index (χ1) is 9.02. The monoisotopic (exact) mass is 270 g/mol. The number of esters is 2. The number of hydrogen-bond donors (Lipinski definition) is 0. The van der Waals surface area contributed by atoms with Crippen molar-refractivity contribution in [3.05, 3.63) is 24.8 Å². The number of carbonyl (C=O) groups excluding carboxylic acids is 2. The average Bonchev–Trinajstić information content (AvgIpc) is 2.35. The highest BCUT2D eigenvalue weighted by molar-refractivity contribution is 5.66. The topological polar surface area (TPSA) is 71.1 Å². The molecule has 19 heavy (non-hydrogen) atoms. The lowest BCUT2D eigenvalue weighted by molar-refractivity contribution is -0.194. The van der Waals surface area contributed by atoms with Crippen molar-refractivity contribution in [1.29, 1.82) is 0 Å². The fourth-order valence-electron chi connectivity index (χ4n) is 1.52. The second kappa shape index (κ2) is 7.70. The average molecular weight is 270 g/mol. The molecule has 106 valence electrons. The quantitative estimate of drug-likeness (QED) is 0.529. The maximum absolute atomic E-state index is 11.0. The minimum atomic E-state index is -0.597. The molecule has 1 rings (SSSR count). The maximum Gasteiger partial charge on any atom is 0.303 e. The van der Waals surface area contributed by atoms with Gasteiger partial charge in [0.15, 0.2) is 6.29 Å². The molecule has 0 amide bonds. The molecule has 0 N–H and O–H groups in total. The highest BCUT2D eigenvalue weighted by atomic mass is 16.7. The SMILES string of the molecule is C=CCO[C@@H]1C=C[C@H](OC(C)=O)[C@@H](COC(C)=O)O1. The summed E-state index contributed by atoms with van der Waals surface area (Å²) in [6.07, 6.45) is 3.13. The van der Waals surface area contributed by atoms with Gasteiger partial charge in [0.2, 0.25) is 0 Å². The van der Waals surface area contributed by atoms with Crippen LogP contribution in [0.2, 0.25) is 0 Å². The number of carbonyl (C=O) groups is 2. The molecular formula is C13H18O6. The van der Waals surface area contributed by atoms with E-state index in [2.05, 4.69) is 6.58 Å². The molecule has 3 atom stereocenters. The van der Waals surface area contributed by atoms with Gasteiger partial charge in [0.25, 0.3) is 0 Å². The summed E-state index contributed by atoms with van der Waals surface area (Å²) in [6, 6.07) is 0. The fraction of sp³-hybridized carbons (Fsp3) is 0.538. The zero-order valence-electron chi connectivity index (χ0n) is 11.0. The Hall–Kier alpha value is -1.66. The second-order valence-corrected chi connectivity index (χ2v) is 3.93. The van der Waals surface area contributed by atoms with Gasteiger partial charge in [0, 0.05) is 13.8 Å².